The Balaban J connectivity index is 2.22. The number of aromatic nitrogens is 1. The van der Waals surface area contributed by atoms with Crippen molar-refractivity contribution in [2.45, 2.75) is 0 Å². The molecule has 0 radical (unpaired) electrons. The van der Waals surface area contributed by atoms with Crippen LogP contribution in [-0.2, 0) is 0 Å². The fourth-order valence-electron chi connectivity index (χ4n) is 1.37. The molecular weight excluding hydrogens is 339 g/mol. The van der Waals surface area contributed by atoms with E-state index in [0.717, 1.165) is 4.47 Å². The summed E-state index contributed by atoms with van der Waals surface area (Å²) in [5.74, 6) is -0.292. The molecule has 0 bridgehead atoms. The van der Waals surface area contributed by atoms with Crippen molar-refractivity contribution in [3.05, 3.63) is 56.7 Å². The van der Waals surface area contributed by atoms with Crippen molar-refractivity contribution in [3.63, 3.8) is 0 Å². The zero-order valence-corrected chi connectivity index (χ0v) is 12.1. The van der Waals surface area contributed by atoms with Crippen LogP contribution < -0.4 is 5.32 Å². The van der Waals surface area contributed by atoms with Gasteiger partial charge in [-0.1, -0.05) is 23.2 Å². The second kappa shape index (κ2) is 5.69. The number of pyridine rings is 1. The lowest BCUT2D eigenvalue weighted by Gasteiger charge is -2.06. The Hall–Kier alpha value is -1.10. The maximum Gasteiger partial charge on any atom is 0.255 e. The number of amides is 1. The number of hydrogen-bond acceptors (Lipinski definition) is 2. The normalized spacial score (nSPS) is 10.2. The Labute approximate surface area is 122 Å². The predicted molar refractivity (Wildman–Crippen MR) is 76.4 cm³/mol. The molecule has 1 amide bonds. The molecule has 2 rings (SSSR count). The van der Waals surface area contributed by atoms with Gasteiger partial charge in [0.25, 0.3) is 5.91 Å². The first-order valence-electron chi connectivity index (χ1n) is 4.92. The summed E-state index contributed by atoms with van der Waals surface area (Å²) < 4.78 is 0.782. The molecule has 0 atom stereocenters. The summed E-state index contributed by atoms with van der Waals surface area (Å²) in [7, 11) is 0. The molecule has 92 valence electrons. The second-order valence-electron chi connectivity index (χ2n) is 3.50. The molecular formula is C12H7BrCl2N2O. The van der Waals surface area contributed by atoms with E-state index in [0.29, 0.717) is 21.3 Å². The number of nitrogens with zero attached hydrogens (tertiary/aromatic N) is 1. The first-order chi connectivity index (χ1) is 8.54. The third-order valence-electron chi connectivity index (χ3n) is 2.09. The van der Waals surface area contributed by atoms with E-state index in [9.17, 15) is 4.79 Å². The number of nitrogens with one attached hydrogen (secondary N) is 1. The van der Waals surface area contributed by atoms with Crippen molar-refractivity contribution in [1.82, 2.24) is 4.98 Å². The average Bonchev–Trinajstić information content (AvgIpc) is 2.27. The van der Waals surface area contributed by atoms with E-state index < -0.39 is 0 Å². The van der Waals surface area contributed by atoms with Crippen LogP contribution in [0.25, 0.3) is 0 Å². The first kappa shape index (κ1) is 13.3. The number of anilines is 1. The smallest absolute Gasteiger partial charge is 0.255 e. The van der Waals surface area contributed by atoms with Crippen molar-refractivity contribution in [2.75, 3.05) is 5.32 Å². The van der Waals surface area contributed by atoms with Crippen molar-refractivity contribution in [3.8, 4) is 0 Å². The van der Waals surface area contributed by atoms with E-state index >= 15 is 0 Å². The molecule has 1 N–H and O–H groups in total. The van der Waals surface area contributed by atoms with E-state index in [2.05, 4.69) is 26.2 Å². The Bertz CT molecular complexity index is 584. The maximum absolute atomic E-state index is 12.0. The van der Waals surface area contributed by atoms with Crippen molar-refractivity contribution < 1.29 is 4.79 Å². The summed E-state index contributed by atoms with van der Waals surface area (Å²) in [6.07, 6.45) is 3.18. The molecule has 0 aliphatic heterocycles. The summed E-state index contributed by atoms with van der Waals surface area (Å²) >= 11 is 15.0. The van der Waals surface area contributed by atoms with Gasteiger partial charge in [0.05, 0.1) is 11.9 Å². The van der Waals surface area contributed by atoms with E-state index in [-0.39, 0.29) is 5.91 Å². The van der Waals surface area contributed by atoms with Crippen LogP contribution in [0.3, 0.4) is 0 Å². The minimum atomic E-state index is -0.292. The summed E-state index contributed by atoms with van der Waals surface area (Å²) in [5, 5.41) is 3.54. The van der Waals surface area contributed by atoms with Crippen LogP contribution in [0.15, 0.2) is 41.1 Å². The molecule has 1 aromatic heterocycles. The van der Waals surface area contributed by atoms with Crippen LogP contribution >= 0.6 is 39.1 Å². The zero-order valence-electron chi connectivity index (χ0n) is 8.95. The van der Waals surface area contributed by atoms with E-state index in [1.807, 2.05) is 0 Å². The zero-order chi connectivity index (χ0) is 13.1. The molecule has 0 aliphatic rings. The predicted octanol–water partition coefficient (Wildman–Crippen LogP) is 4.40. The third-order valence-corrected chi connectivity index (χ3v) is 2.96. The number of rotatable bonds is 2. The van der Waals surface area contributed by atoms with Gasteiger partial charge in [0, 0.05) is 26.3 Å². The van der Waals surface area contributed by atoms with Gasteiger partial charge in [0.15, 0.2) is 0 Å². The van der Waals surface area contributed by atoms with E-state index in [4.69, 9.17) is 23.2 Å². The molecule has 0 spiro atoms. The van der Waals surface area contributed by atoms with Gasteiger partial charge in [0.2, 0.25) is 0 Å². The molecule has 0 fully saturated rings. The van der Waals surface area contributed by atoms with Crippen LogP contribution in [-0.4, -0.2) is 10.9 Å². The van der Waals surface area contributed by atoms with E-state index in [1.165, 1.54) is 0 Å². The van der Waals surface area contributed by atoms with Gasteiger partial charge < -0.3 is 5.32 Å². The van der Waals surface area contributed by atoms with Gasteiger partial charge in [-0.25, -0.2) is 0 Å². The number of benzene rings is 1. The molecule has 0 saturated heterocycles. The highest BCUT2D eigenvalue weighted by Crippen LogP contribution is 2.20. The summed E-state index contributed by atoms with van der Waals surface area (Å²) in [5.41, 5.74) is 0.984. The maximum atomic E-state index is 12.0. The van der Waals surface area contributed by atoms with Gasteiger partial charge in [0.1, 0.15) is 0 Å². The standard InChI is InChI=1S/C12H7BrCl2N2O/c13-8-3-11(6-16-5-8)17-12(18)7-1-9(14)4-10(15)2-7/h1-6H,(H,17,18). The highest BCUT2D eigenvalue weighted by atomic mass is 79.9. The number of carbonyl (C=O) groups excluding carboxylic acids is 1. The topological polar surface area (TPSA) is 42.0 Å². The largest absolute Gasteiger partial charge is 0.321 e. The van der Waals surface area contributed by atoms with Gasteiger partial charge in [-0.05, 0) is 40.2 Å². The lowest BCUT2D eigenvalue weighted by molar-refractivity contribution is 0.102. The van der Waals surface area contributed by atoms with Crippen molar-refractivity contribution in [1.29, 1.82) is 0 Å². The monoisotopic (exact) mass is 344 g/mol. The minimum Gasteiger partial charge on any atom is -0.321 e. The van der Waals surface area contributed by atoms with Crippen LogP contribution in [0.2, 0.25) is 10.0 Å². The Morgan fingerprint density at radius 2 is 1.78 bits per heavy atom. The molecule has 1 heterocycles. The van der Waals surface area contributed by atoms with Gasteiger partial charge >= 0.3 is 0 Å². The van der Waals surface area contributed by atoms with E-state index in [1.54, 1.807) is 36.7 Å². The fraction of sp³-hybridized carbons (Fsp3) is 0. The van der Waals surface area contributed by atoms with Crippen LogP contribution in [0.5, 0.6) is 0 Å². The SMILES string of the molecule is O=C(Nc1cncc(Br)c1)c1cc(Cl)cc(Cl)c1. The highest BCUT2D eigenvalue weighted by Gasteiger charge is 2.08. The molecule has 0 aliphatic carbocycles. The molecule has 18 heavy (non-hydrogen) atoms. The van der Waals surface area contributed by atoms with Crippen molar-refractivity contribution >= 4 is 50.7 Å². The summed E-state index contributed by atoms with van der Waals surface area (Å²) in [6, 6.07) is 6.42. The van der Waals surface area contributed by atoms with Crippen LogP contribution in [0, 0.1) is 0 Å². The Morgan fingerprint density at radius 3 is 2.39 bits per heavy atom. The molecule has 3 nitrogen and oxygen atoms in total. The Morgan fingerprint density at radius 1 is 1.11 bits per heavy atom. The minimum absolute atomic E-state index is 0.292. The van der Waals surface area contributed by atoms with Crippen molar-refractivity contribution in [2.24, 2.45) is 0 Å². The number of carbonyl (C=O) groups is 1. The molecule has 0 unspecified atom stereocenters. The lowest BCUT2D eigenvalue weighted by Crippen LogP contribution is -2.12. The lowest BCUT2D eigenvalue weighted by atomic mass is 10.2. The summed E-state index contributed by atoms with van der Waals surface area (Å²) in [4.78, 5) is 15.9. The average molecular weight is 346 g/mol. The first-order valence-corrected chi connectivity index (χ1v) is 6.47. The molecule has 1 aromatic carbocycles. The molecule has 6 heteroatoms. The van der Waals surface area contributed by atoms with Gasteiger partial charge in [-0.3, -0.25) is 9.78 Å². The number of halogens is 3. The summed E-state index contributed by atoms with van der Waals surface area (Å²) in [6.45, 7) is 0. The van der Waals surface area contributed by atoms with Gasteiger partial charge in [-0.15, -0.1) is 0 Å². The third kappa shape index (κ3) is 3.45. The molecule has 2 aromatic rings. The highest BCUT2D eigenvalue weighted by molar-refractivity contribution is 9.10. The number of hydrogen-bond donors (Lipinski definition) is 1. The Kier molecular flexibility index (Phi) is 4.22. The second-order valence-corrected chi connectivity index (χ2v) is 5.29. The fourth-order valence-corrected chi connectivity index (χ4v) is 2.26. The quantitative estimate of drug-likeness (QED) is 0.876. The molecule has 0 saturated carbocycles. The van der Waals surface area contributed by atoms with Gasteiger partial charge in [-0.2, -0.15) is 0 Å². The van der Waals surface area contributed by atoms with Crippen LogP contribution in [0.4, 0.5) is 5.69 Å². The van der Waals surface area contributed by atoms with Crippen LogP contribution in [0.1, 0.15) is 10.4 Å².